The number of fused-ring (bicyclic) bond motifs is 2. The number of nitrogens with zero attached hydrogens (tertiary/aromatic N) is 2. The van der Waals surface area contributed by atoms with Crippen molar-refractivity contribution in [1.82, 2.24) is 20.6 Å². The average molecular weight is 662 g/mol. The summed E-state index contributed by atoms with van der Waals surface area (Å²) in [7, 11) is 0. The number of aromatic nitrogens is 2. The van der Waals surface area contributed by atoms with Crippen LogP contribution >= 0.6 is 0 Å². The first kappa shape index (κ1) is 35.1. The summed E-state index contributed by atoms with van der Waals surface area (Å²) in [5, 5.41) is 42.1. The number of hydrogen-bond acceptors (Lipinski definition) is 9. The van der Waals surface area contributed by atoms with E-state index in [1.165, 1.54) is 12.1 Å². The molecule has 1 aliphatic carbocycles. The molecule has 252 valence electrons. The van der Waals surface area contributed by atoms with Gasteiger partial charge in [-0.15, -0.1) is 6.42 Å². The highest BCUT2D eigenvalue weighted by Gasteiger charge is 2.30. The van der Waals surface area contributed by atoms with E-state index in [2.05, 4.69) is 26.5 Å². The third kappa shape index (κ3) is 8.53. The zero-order valence-electron chi connectivity index (χ0n) is 25.8. The normalized spacial score (nSPS) is 14.7. The summed E-state index contributed by atoms with van der Waals surface area (Å²) in [5.41, 5.74) is 2.93. The van der Waals surface area contributed by atoms with Crippen LogP contribution in [0, 0.1) is 12.3 Å². The van der Waals surface area contributed by atoms with E-state index in [1.807, 2.05) is 11.0 Å². The molecule has 3 unspecified atom stereocenters. The molecule has 2 amide bonds. The van der Waals surface area contributed by atoms with Gasteiger partial charge < -0.3 is 40.9 Å². The summed E-state index contributed by atoms with van der Waals surface area (Å²) in [4.78, 5) is 80.5. The second-order valence-corrected chi connectivity index (χ2v) is 11.3. The maximum atomic E-state index is 13.0. The van der Waals surface area contributed by atoms with E-state index in [1.54, 1.807) is 18.2 Å². The van der Waals surface area contributed by atoms with Crippen LogP contribution in [0.25, 0.3) is 10.9 Å². The summed E-state index contributed by atoms with van der Waals surface area (Å²) in [6.07, 6.45) is 6.03. The van der Waals surface area contributed by atoms with Gasteiger partial charge in [-0.05, 0) is 79.6 Å². The molecule has 7 N–H and O–H groups in total. The van der Waals surface area contributed by atoms with E-state index in [-0.39, 0.29) is 61.8 Å². The predicted octanol–water partition coefficient (Wildman–Crippen LogP) is 1.33. The van der Waals surface area contributed by atoms with Crippen molar-refractivity contribution in [2.24, 2.45) is 0 Å². The van der Waals surface area contributed by atoms with Gasteiger partial charge in [-0.3, -0.25) is 19.2 Å². The van der Waals surface area contributed by atoms with E-state index in [4.69, 9.17) is 11.5 Å². The fraction of sp³-hybridized carbons (Fsp3) is 0.364. The Balaban J connectivity index is 1.40. The maximum Gasteiger partial charge on any atom is 0.326 e. The van der Waals surface area contributed by atoms with E-state index in [0.29, 0.717) is 29.4 Å². The molecule has 0 saturated heterocycles. The minimum atomic E-state index is -1.39. The number of aromatic amines is 1. The largest absolute Gasteiger partial charge is 0.481 e. The SMILES string of the molecule is C#CCN(c1ccc(C(=O)NC(CCCC(=O)NC(CCC(=O)O)C(=O)O)C(=O)O)cc1)C1CCc2cc3nc(CO)[nH]c(=O)c3cc21. The molecule has 0 spiro atoms. The van der Waals surface area contributed by atoms with Gasteiger partial charge in [0.05, 0.1) is 23.5 Å². The Bertz CT molecular complexity index is 1810. The van der Waals surface area contributed by atoms with Gasteiger partial charge in [-0.25, -0.2) is 14.6 Å². The molecular formula is C33H35N5O10. The maximum absolute atomic E-state index is 13.0. The van der Waals surface area contributed by atoms with E-state index < -0.39 is 48.2 Å². The number of carboxylic acids is 3. The Kier molecular flexibility index (Phi) is 11.5. The van der Waals surface area contributed by atoms with Crippen molar-refractivity contribution in [2.45, 2.75) is 69.7 Å². The lowest BCUT2D eigenvalue weighted by molar-refractivity contribution is -0.143. The van der Waals surface area contributed by atoms with E-state index >= 15 is 0 Å². The highest BCUT2D eigenvalue weighted by molar-refractivity contribution is 5.97. The molecule has 1 aliphatic rings. The number of aliphatic hydroxyl groups is 1. The summed E-state index contributed by atoms with van der Waals surface area (Å²) in [6.45, 7) is -0.160. The quantitative estimate of drug-likeness (QED) is 0.108. The smallest absolute Gasteiger partial charge is 0.326 e. The number of H-pyrrole nitrogens is 1. The van der Waals surface area contributed by atoms with Gasteiger partial charge in [-0.2, -0.15) is 0 Å². The molecule has 1 aromatic heterocycles. The number of carbonyl (C=O) groups is 5. The highest BCUT2D eigenvalue weighted by atomic mass is 16.4. The molecule has 0 radical (unpaired) electrons. The number of benzene rings is 2. The van der Waals surface area contributed by atoms with Crippen LogP contribution in [0.1, 0.15) is 71.9 Å². The number of hydrogen-bond donors (Lipinski definition) is 7. The number of aliphatic hydroxyl groups excluding tert-OH is 1. The molecule has 0 fully saturated rings. The molecule has 2 aromatic carbocycles. The van der Waals surface area contributed by atoms with Gasteiger partial charge in [0.25, 0.3) is 11.5 Å². The predicted molar refractivity (Wildman–Crippen MR) is 171 cm³/mol. The first-order valence-electron chi connectivity index (χ1n) is 15.2. The molecule has 0 bridgehead atoms. The molecule has 1 heterocycles. The lowest BCUT2D eigenvalue weighted by Crippen LogP contribution is -2.42. The van der Waals surface area contributed by atoms with Crippen molar-refractivity contribution in [3.8, 4) is 12.3 Å². The molecule has 15 heteroatoms. The third-order valence-electron chi connectivity index (χ3n) is 8.09. The first-order chi connectivity index (χ1) is 22.9. The molecule has 48 heavy (non-hydrogen) atoms. The number of nitrogens with one attached hydrogen (secondary N) is 3. The monoisotopic (exact) mass is 661 g/mol. The molecule has 0 saturated carbocycles. The molecule has 4 rings (SSSR count). The minimum absolute atomic E-state index is 0.0109. The van der Waals surface area contributed by atoms with Crippen molar-refractivity contribution in [2.75, 3.05) is 11.4 Å². The summed E-state index contributed by atoms with van der Waals surface area (Å²) >= 11 is 0. The second-order valence-electron chi connectivity index (χ2n) is 11.3. The van der Waals surface area contributed by atoms with Crippen molar-refractivity contribution in [1.29, 1.82) is 0 Å². The van der Waals surface area contributed by atoms with Crippen LogP contribution < -0.4 is 21.1 Å². The Morgan fingerprint density at radius 2 is 1.69 bits per heavy atom. The van der Waals surface area contributed by atoms with Gasteiger partial charge in [0.15, 0.2) is 0 Å². The van der Waals surface area contributed by atoms with Crippen molar-refractivity contribution >= 4 is 46.3 Å². The lowest BCUT2D eigenvalue weighted by Gasteiger charge is -2.30. The van der Waals surface area contributed by atoms with Crippen molar-refractivity contribution in [3.63, 3.8) is 0 Å². The number of amides is 2. The fourth-order valence-corrected chi connectivity index (χ4v) is 5.71. The van der Waals surface area contributed by atoms with Gasteiger partial charge in [-0.1, -0.05) is 5.92 Å². The number of carbonyl (C=O) groups excluding carboxylic acids is 2. The zero-order chi connectivity index (χ0) is 35.0. The standard InChI is InChI=1S/C33H35N5O10/c1-2-14-38(26-12-8-19-15-25-22(16-21(19)26)31(44)37-27(17-39)34-25)20-9-6-18(7-10-20)30(43)36-23(32(45)46)4-3-5-28(40)35-24(33(47)48)11-13-29(41)42/h1,6-7,9-10,15-16,23-24,26,39H,3-5,8,11-14,17H2,(H,35,40)(H,36,43)(H,41,42)(H,45,46)(H,47,48)(H,34,37,44). The summed E-state index contributed by atoms with van der Waals surface area (Å²) < 4.78 is 0. The summed E-state index contributed by atoms with van der Waals surface area (Å²) in [5.74, 6) is -2.42. The topological polar surface area (TPSA) is 239 Å². The Labute approximate surface area is 274 Å². The molecule has 0 aliphatic heterocycles. The van der Waals surface area contributed by atoms with Gasteiger partial charge in [0.2, 0.25) is 5.91 Å². The minimum Gasteiger partial charge on any atom is -0.481 e. The van der Waals surface area contributed by atoms with E-state index in [9.17, 15) is 44.1 Å². The van der Waals surface area contributed by atoms with Crippen LogP contribution in [0.5, 0.6) is 0 Å². The van der Waals surface area contributed by atoms with Crippen LogP contribution in [0.4, 0.5) is 5.69 Å². The first-order valence-corrected chi connectivity index (χ1v) is 15.2. The molecule has 3 atom stereocenters. The zero-order valence-corrected chi connectivity index (χ0v) is 25.8. The van der Waals surface area contributed by atoms with E-state index in [0.717, 1.165) is 11.1 Å². The Morgan fingerprint density at radius 3 is 2.31 bits per heavy atom. The van der Waals surface area contributed by atoms with Gasteiger partial charge >= 0.3 is 17.9 Å². The second kappa shape index (κ2) is 15.7. The lowest BCUT2D eigenvalue weighted by atomic mass is 10.0. The van der Waals surface area contributed by atoms with Crippen LogP contribution in [0.15, 0.2) is 41.2 Å². The molecular weight excluding hydrogens is 626 g/mol. The van der Waals surface area contributed by atoms with Crippen LogP contribution in [0.3, 0.4) is 0 Å². The number of terminal acetylenes is 1. The molecule has 3 aromatic rings. The number of carboxylic acid groups (broad SMARTS) is 3. The average Bonchev–Trinajstić information content (AvgIpc) is 3.46. The van der Waals surface area contributed by atoms with Crippen LogP contribution in [-0.4, -0.2) is 78.7 Å². The number of anilines is 1. The van der Waals surface area contributed by atoms with Crippen LogP contribution in [0.2, 0.25) is 0 Å². The van der Waals surface area contributed by atoms with Crippen LogP contribution in [-0.2, 0) is 32.2 Å². The van der Waals surface area contributed by atoms with Crippen molar-refractivity contribution in [3.05, 3.63) is 69.3 Å². The fourth-order valence-electron chi connectivity index (χ4n) is 5.71. The van der Waals surface area contributed by atoms with Gasteiger partial charge in [0, 0.05) is 24.1 Å². The molecule has 15 nitrogen and oxygen atoms in total. The summed E-state index contributed by atoms with van der Waals surface area (Å²) in [6, 6.07) is 7.19. The highest BCUT2D eigenvalue weighted by Crippen LogP contribution is 2.39. The third-order valence-corrected chi connectivity index (χ3v) is 8.09. The Hall–Kier alpha value is -5.75. The Morgan fingerprint density at radius 1 is 1.00 bits per heavy atom. The number of aliphatic carboxylic acids is 3. The van der Waals surface area contributed by atoms with Gasteiger partial charge in [0.1, 0.15) is 24.5 Å². The van der Waals surface area contributed by atoms with Crippen molar-refractivity contribution < 1.29 is 44.4 Å². The number of rotatable bonds is 16. The number of aryl methyl sites for hydroxylation is 1.